The van der Waals surface area contributed by atoms with E-state index in [1.54, 1.807) is 0 Å². The third-order valence-electron chi connectivity index (χ3n) is 12.8. The van der Waals surface area contributed by atoms with Gasteiger partial charge in [-0.25, -0.2) is 0 Å². The summed E-state index contributed by atoms with van der Waals surface area (Å²) in [4.78, 5) is 6.91. The van der Waals surface area contributed by atoms with Crippen molar-refractivity contribution >= 4 is 111 Å². The Bertz CT molecular complexity index is 4130. The summed E-state index contributed by atoms with van der Waals surface area (Å²) in [5.41, 5.74) is 14.2. The third kappa shape index (κ3) is 7.37. The predicted octanol–water partition coefficient (Wildman–Crippen LogP) is 15.9. The predicted molar refractivity (Wildman–Crippen MR) is 288 cm³/mol. The maximum Gasteiger partial charge on any atom is 0.569 e. The van der Waals surface area contributed by atoms with E-state index in [2.05, 4.69) is 211 Å². The Morgan fingerprint density at radius 2 is 0.765 bits per heavy atom. The molecule has 4 aromatic heterocycles. The van der Waals surface area contributed by atoms with Crippen LogP contribution in [0, 0.1) is 0 Å². The van der Waals surface area contributed by atoms with E-state index in [1.807, 2.05) is 54.6 Å². The molecule has 0 saturated heterocycles. The highest BCUT2D eigenvalue weighted by molar-refractivity contribution is 9.10. The Kier molecular flexibility index (Phi) is 10.6. The van der Waals surface area contributed by atoms with Crippen LogP contribution >= 0.6 is 15.9 Å². The first-order chi connectivity index (χ1) is 33.6. The lowest BCUT2D eigenvalue weighted by atomic mass is 10.0. The van der Waals surface area contributed by atoms with Gasteiger partial charge in [0.05, 0.1) is 22.1 Å². The molecule has 0 atom stereocenters. The van der Waals surface area contributed by atoms with Crippen molar-refractivity contribution in [2.45, 2.75) is 0 Å². The van der Waals surface area contributed by atoms with Crippen LogP contribution in [0.25, 0.3) is 110 Å². The number of hydrogen-bond acceptors (Lipinski definition) is 2. The minimum atomic E-state index is 0.617. The summed E-state index contributed by atoms with van der Waals surface area (Å²) in [6, 6.07) is 80.4. The molecule has 0 aliphatic carbocycles. The van der Waals surface area contributed by atoms with E-state index in [4.69, 9.17) is 9.68 Å². The number of aromatic nitrogens is 4. The molecular weight excluding hydrogens is 899 g/mol. The van der Waals surface area contributed by atoms with Crippen molar-refractivity contribution < 1.29 is 9.68 Å². The van der Waals surface area contributed by atoms with E-state index < -0.39 is 0 Å². The van der Waals surface area contributed by atoms with Crippen LogP contribution in [0.5, 0.6) is 5.75 Å². The molecule has 0 fully saturated rings. The minimum absolute atomic E-state index is 0.617. The Balaban J connectivity index is 0.000000115. The number of fused-ring (bicyclic) bond motifs is 12. The molecule has 10 aromatic carbocycles. The van der Waals surface area contributed by atoms with Crippen LogP contribution in [0.15, 0.2) is 235 Å². The maximum atomic E-state index is 8.84. The summed E-state index contributed by atoms with van der Waals surface area (Å²) in [5.74, 6) is 0.617. The first-order valence-electron chi connectivity index (χ1n) is 22.6. The second kappa shape index (κ2) is 17.5. The van der Waals surface area contributed by atoms with Gasteiger partial charge in [0.25, 0.3) is 0 Å². The van der Waals surface area contributed by atoms with E-state index in [1.165, 1.54) is 82.2 Å². The summed E-state index contributed by atoms with van der Waals surface area (Å²) in [6.07, 6.45) is 0. The topological polar surface area (TPSA) is 70.9 Å². The Morgan fingerprint density at radius 3 is 1.34 bits per heavy atom. The summed E-state index contributed by atoms with van der Waals surface area (Å²) in [6.45, 7) is 0. The summed E-state index contributed by atoms with van der Waals surface area (Å²) in [5, 5.41) is 18.7. The lowest BCUT2D eigenvalue weighted by molar-refractivity contribution is 0.454. The van der Waals surface area contributed by atoms with Crippen molar-refractivity contribution in [1.29, 1.82) is 0 Å². The molecule has 68 heavy (non-hydrogen) atoms. The fraction of sp³-hybridized carbons (Fsp3) is 0. The largest absolute Gasteiger partial charge is 0.569 e. The van der Waals surface area contributed by atoms with Gasteiger partial charge in [0.1, 0.15) is 5.75 Å². The smallest absolute Gasteiger partial charge is 0.537 e. The summed E-state index contributed by atoms with van der Waals surface area (Å²) >= 11 is 3.49. The quantitative estimate of drug-likeness (QED) is 0.150. The SMILES string of the molecule is Brc1ccc2[nH]c3ccccc3c2c1.O[B]Oc1ccc2c(c1)c1ccccc1n2-c1ccccc1.c1ccc(-n2c3ccccc3c3cc(-c4ccc5[nH]c6ccccc6c5c4)ccc32)cc1. The number of nitrogens with one attached hydrogen (secondary N) is 2. The van der Waals surface area contributed by atoms with E-state index in [9.17, 15) is 0 Å². The molecule has 8 heteroatoms. The van der Waals surface area contributed by atoms with Gasteiger partial charge >= 0.3 is 7.69 Å². The number of benzene rings is 10. The van der Waals surface area contributed by atoms with E-state index in [0.717, 1.165) is 32.0 Å². The van der Waals surface area contributed by atoms with Gasteiger partial charge in [-0.15, -0.1) is 0 Å². The zero-order valence-electron chi connectivity index (χ0n) is 36.6. The molecule has 0 aliphatic rings. The molecule has 0 unspecified atom stereocenters. The van der Waals surface area contributed by atoms with Crippen LogP contribution in [-0.4, -0.2) is 31.8 Å². The maximum absolute atomic E-state index is 8.84. The van der Waals surface area contributed by atoms with Crippen LogP contribution in [-0.2, 0) is 0 Å². The lowest BCUT2D eigenvalue weighted by Crippen LogP contribution is -1.99. The van der Waals surface area contributed by atoms with Crippen LogP contribution in [0.1, 0.15) is 0 Å². The fourth-order valence-electron chi connectivity index (χ4n) is 9.80. The molecule has 1 radical (unpaired) electrons. The average Bonchev–Trinajstić information content (AvgIpc) is 4.14. The highest BCUT2D eigenvalue weighted by atomic mass is 79.9. The van der Waals surface area contributed by atoms with E-state index >= 15 is 0 Å². The molecule has 0 bridgehead atoms. The monoisotopic (exact) mass is 939 g/mol. The summed E-state index contributed by atoms with van der Waals surface area (Å²) < 4.78 is 10.8. The molecule has 0 aliphatic heterocycles. The van der Waals surface area contributed by atoms with Crippen molar-refractivity contribution in [2.24, 2.45) is 0 Å². The van der Waals surface area contributed by atoms with Crippen molar-refractivity contribution in [3.8, 4) is 28.3 Å². The van der Waals surface area contributed by atoms with Gasteiger partial charge in [-0.1, -0.05) is 137 Å². The van der Waals surface area contributed by atoms with E-state index in [0.29, 0.717) is 13.4 Å². The molecule has 14 aromatic rings. The van der Waals surface area contributed by atoms with Crippen molar-refractivity contribution in [1.82, 2.24) is 19.1 Å². The third-order valence-corrected chi connectivity index (χ3v) is 13.3. The van der Waals surface area contributed by atoms with Crippen LogP contribution in [0.4, 0.5) is 0 Å². The van der Waals surface area contributed by atoms with E-state index in [-0.39, 0.29) is 0 Å². The highest BCUT2D eigenvalue weighted by Crippen LogP contribution is 2.37. The van der Waals surface area contributed by atoms with Gasteiger partial charge < -0.3 is 28.8 Å². The Morgan fingerprint density at radius 1 is 0.353 bits per heavy atom. The molecular formula is C60H41BBrN4O2. The molecule has 3 N–H and O–H groups in total. The number of nitrogens with zero attached hydrogens (tertiary/aromatic N) is 2. The summed E-state index contributed by atoms with van der Waals surface area (Å²) in [7, 11) is 0.706. The Labute approximate surface area is 400 Å². The standard InChI is InChI=1S/C30H20N2.C18H13BNO2.C12H8BrN/c1-2-8-22(9-3-1)32-29-13-7-5-11-24(29)26-19-21(15-17-30(26)32)20-14-16-28-25(18-20)23-10-4-6-12-27(23)31-28;21-19-22-14-10-11-18-16(12-14)15-8-4-5-9-17(15)20(18)13-6-2-1-3-7-13;13-8-5-6-12-10(7-8)9-3-1-2-4-11(9)14-12/h1-19,31H;1-12,21H;1-7,14H. The number of aromatic amines is 2. The average molecular weight is 941 g/mol. The number of halogens is 1. The number of H-pyrrole nitrogens is 2. The molecule has 4 heterocycles. The van der Waals surface area contributed by atoms with Crippen LogP contribution in [0.2, 0.25) is 0 Å². The van der Waals surface area contributed by atoms with Gasteiger partial charge in [0.15, 0.2) is 0 Å². The van der Waals surface area contributed by atoms with Gasteiger partial charge in [-0.2, -0.15) is 0 Å². The normalized spacial score (nSPS) is 11.4. The van der Waals surface area contributed by atoms with Gasteiger partial charge in [-0.3, -0.25) is 0 Å². The van der Waals surface area contributed by atoms with Gasteiger partial charge in [0, 0.05) is 81.0 Å². The lowest BCUT2D eigenvalue weighted by Gasteiger charge is -2.08. The first kappa shape index (κ1) is 41.2. The minimum Gasteiger partial charge on any atom is -0.537 e. The molecule has 6 nitrogen and oxygen atoms in total. The highest BCUT2D eigenvalue weighted by Gasteiger charge is 2.15. The molecule has 0 spiro atoms. The zero-order valence-corrected chi connectivity index (χ0v) is 38.2. The van der Waals surface area contributed by atoms with Gasteiger partial charge in [-0.05, 0) is 120 Å². The second-order valence-corrected chi connectivity index (χ2v) is 17.7. The molecule has 14 rings (SSSR count). The van der Waals surface area contributed by atoms with Gasteiger partial charge in [0.2, 0.25) is 0 Å². The number of para-hydroxylation sites is 6. The van der Waals surface area contributed by atoms with Crippen LogP contribution < -0.4 is 4.65 Å². The first-order valence-corrected chi connectivity index (χ1v) is 23.4. The van der Waals surface area contributed by atoms with Crippen molar-refractivity contribution in [3.63, 3.8) is 0 Å². The molecule has 0 amide bonds. The number of rotatable bonds is 5. The van der Waals surface area contributed by atoms with Crippen molar-refractivity contribution in [3.05, 3.63) is 235 Å². The number of hydrogen-bond donors (Lipinski definition) is 3. The van der Waals surface area contributed by atoms with Crippen molar-refractivity contribution in [2.75, 3.05) is 0 Å². The fourth-order valence-corrected chi connectivity index (χ4v) is 10.2. The zero-order chi connectivity index (χ0) is 45.6. The molecule has 0 saturated carbocycles. The molecule has 323 valence electrons. The second-order valence-electron chi connectivity index (χ2n) is 16.8. The van der Waals surface area contributed by atoms with Crippen LogP contribution in [0.3, 0.4) is 0 Å². The Hall–Kier alpha value is -8.30.